The highest BCUT2D eigenvalue weighted by Gasteiger charge is 2.11. The maximum absolute atomic E-state index is 12.7. The molecule has 4 nitrogen and oxygen atoms in total. The molecule has 0 atom stereocenters. The highest BCUT2D eigenvalue weighted by Crippen LogP contribution is 2.11. The SMILES string of the molecule is Cc1cnc(CCNS(=O)(=O)Cc2ccc(F)cc2)s1. The van der Waals surface area contributed by atoms with Crippen LogP contribution in [0.3, 0.4) is 0 Å². The van der Waals surface area contributed by atoms with Crippen LogP contribution in [0.15, 0.2) is 30.5 Å². The van der Waals surface area contributed by atoms with Crippen molar-refractivity contribution in [2.45, 2.75) is 19.1 Å². The third kappa shape index (κ3) is 4.66. The fraction of sp³-hybridized carbons (Fsp3) is 0.308. The van der Waals surface area contributed by atoms with E-state index in [2.05, 4.69) is 9.71 Å². The van der Waals surface area contributed by atoms with Gasteiger partial charge in [-0.25, -0.2) is 22.5 Å². The summed E-state index contributed by atoms with van der Waals surface area (Å²) in [6, 6.07) is 5.45. The third-order valence-corrected chi connectivity index (χ3v) is 4.93. The van der Waals surface area contributed by atoms with Crippen molar-refractivity contribution in [3.8, 4) is 0 Å². The Morgan fingerprint density at radius 1 is 1.30 bits per heavy atom. The van der Waals surface area contributed by atoms with Gasteiger partial charge < -0.3 is 0 Å². The van der Waals surface area contributed by atoms with Gasteiger partial charge in [-0.2, -0.15) is 0 Å². The number of sulfonamides is 1. The van der Waals surface area contributed by atoms with E-state index in [9.17, 15) is 12.8 Å². The third-order valence-electron chi connectivity index (χ3n) is 2.60. The minimum absolute atomic E-state index is 0.149. The summed E-state index contributed by atoms with van der Waals surface area (Å²) in [5.41, 5.74) is 0.559. The number of halogens is 1. The van der Waals surface area contributed by atoms with Gasteiger partial charge >= 0.3 is 0 Å². The van der Waals surface area contributed by atoms with Gasteiger partial charge in [-0.15, -0.1) is 11.3 Å². The Balaban J connectivity index is 1.86. The van der Waals surface area contributed by atoms with Crippen LogP contribution >= 0.6 is 11.3 Å². The first kappa shape index (κ1) is 15.1. The molecule has 0 fully saturated rings. The lowest BCUT2D eigenvalue weighted by atomic mass is 10.2. The van der Waals surface area contributed by atoms with Gasteiger partial charge in [0.05, 0.1) is 10.8 Å². The lowest BCUT2D eigenvalue weighted by Gasteiger charge is -2.06. The van der Waals surface area contributed by atoms with Crippen molar-refractivity contribution >= 4 is 21.4 Å². The molecule has 0 bridgehead atoms. The summed E-state index contributed by atoms with van der Waals surface area (Å²) >= 11 is 1.56. The van der Waals surface area contributed by atoms with Crippen molar-refractivity contribution in [2.75, 3.05) is 6.54 Å². The van der Waals surface area contributed by atoms with Gasteiger partial charge in [0.2, 0.25) is 10.0 Å². The van der Waals surface area contributed by atoms with Gasteiger partial charge in [0.1, 0.15) is 5.82 Å². The zero-order chi connectivity index (χ0) is 14.6. The van der Waals surface area contributed by atoms with Crippen molar-refractivity contribution in [3.63, 3.8) is 0 Å². The molecule has 0 saturated heterocycles. The molecule has 20 heavy (non-hydrogen) atoms. The number of aryl methyl sites for hydroxylation is 1. The highest BCUT2D eigenvalue weighted by atomic mass is 32.2. The maximum atomic E-state index is 12.7. The number of thiazole rings is 1. The topological polar surface area (TPSA) is 59.1 Å². The molecular weight excluding hydrogens is 299 g/mol. The minimum Gasteiger partial charge on any atom is -0.249 e. The second-order valence-corrected chi connectivity index (χ2v) is 7.52. The maximum Gasteiger partial charge on any atom is 0.215 e. The molecular formula is C13H15FN2O2S2. The number of rotatable bonds is 6. The van der Waals surface area contributed by atoms with E-state index in [0.29, 0.717) is 18.5 Å². The lowest BCUT2D eigenvalue weighted by molar-refractivity contribution is 0.580. The van der Waals surface area contributed by atoms with Crippen molar-refractivity contribution in [1.29, 1.82) is 0 Å². The predicted octanol–water partition coefficient (Wildman–Crippen LogP) is 2.25. The smallest absolute Gasteiger partial charge is 0.215 e. The van der Waals surface area contributed by atoms with E-state index in [0.717, 1.165) is 9.88 Å². The van der Waals surface area contributed by atoms with Gasteiger partial charge in [-0.05, 0) is 24.6 Å². The highest BCUT2D eigenvalue weighted by molar-refractivity contribution is 7.88. The Bertz CT molecular complexity index is 666. The zero-order valence-electron chi connectivity index (χ0n) is 11.0. The summed E-state index contributed by atoms with van der Waals surface area (Å²) in [5.74, 6) is -0.525. The Morgan fingerprint density at radius 2 is 2.00 bits per heavy atom. The Labute approximate surface area is 121 Å². The number of nitrogens with one attached hydrogen (secondary N) is 1. The monoisotopic (exact) mass is 314 g/mol. The summed E-state index contributed by atoms with van der Waals surface area (Å²) in [6.45, 7) is 2.27. The quantitative estimate of drug-likeness (QED) is 0.889. The summed E-state index contributed by atoms with van der Waals surface area (Å²) < 4.78 is 39.0. The Morgan fingerprint density at radius 3 is 2.60 bits per heavy atom. The van der Waals surface area contributed by atoms with Crippen LogP contribution in [0.2, 0.25) is 0 Å². The molecule has 0 radical (unpaired) electrons. The number of nitrogens with zero attached hydrogens (tertiary/aromatic N) is 1. The van der Waals surface area contributed by atoms with Gasteiger partial charge in [-0.3, -0.25) is 0 Å². The summed E-state index contributed by atoms with van der Waals surface area (Å²) in [7, 11) is -3.41. The lowest BCUT2D eigenvalue weighted by Crippen LogP contribution is -2.27. The number of benzene rings is 1. The van der Waals surface area contributed by atoms with Crippen LogP contribution in [0.4, 0.5) is 4.39 Å². The minimum atomic E-state index is -3.41. The van der Waals surface area contributed by atoms with Crippen molar-refractivity contribution < 1.29 is 12.8 Å². The predicted molar refractivity (Wildman–Crippen MR) is 77.6 cm³/mol. The Kier molecular flexibility index (Phi) is 4.85. The molecule has 0 aliphatic heterocycles. The van der Waals surface area contributed by atoms with Crippen LogP contribution in [-0.2, 0) is 22.2 Å². The van der Waals surface area contributed by atoms with E-state index in [1.54, 1.807) is 17.5 Å². The zero-order valence-corrected chi connectivity index (χ0v) is 12.6. The van der Waals surface area contributed by atoms with E-state index in [1.165, 1.54) is 24.3 Å². The largest absolute Gasteiger partial charge is 0.249 e. The molecule has 2 rings (SSSR count). The van der Waals surface area contributed by atoms with Crippen LogP contribution in [0.25, 0.3) is 0 Å². The normalized spacial score (nSPS) is 11.7. The van der Waals surface area contributed by atoms with Crippen LogP contribution in [-0.4, -0.2) is 19.9 Å². The van der Waals surface area contributed by atoms with Crippen LogP contribution in [0.1, 0.15) is 15.4 Å². The Hall–Kier alpha value is -1.31. The van der Waals surface area contributed by atoms with Crippen molar-refractivity contribution in [2.24, 2.45) is 0 Å². The average molecular weight is 314 g/mol. The van der Waals surface area contributed by atoms with Crippen LogP contribution in [0.5, 0.6) is 0 Å². The molecule has 2 aromatic rings. The van der Waals surface area contributed by atoms with E-state index in [1.807, 2.05) is 6.92 Å². The molecule has 0 aliphatic rings. The van der Waals surface area contributed by atoms with Crippen LogP contribution in [0, 0.1) is 12.7 Å². The fourth-order valence-corrected chi connectivity index (χ4v) is 3.61. The van der Waals surface area contributed by atoms with Crippen molar-refractivity contribution in [1.82, 2.24) is 9.71 Å². The molecule has 1 heterocycles. The fourth-order valence-electron chi connectivity index (χ4n) is 1.68. The van der Waals surface area contributed by atoms with Gasteiger partial charge in [0.15, 0.2) is 0 Å². The summed E-state index contributed by atoms with van der Waals surface area (Å²) in [6.07, 6.45) is 2.34. The second kappa shape index (κ2) is 6.43. The van der Waals surface area contributed by atoms with Crippen LogP contribution < -0.4 is 4.72 Å². The van der Waals surface area contributed by atoms with Gasteiger partial charge in [-0.1, -0.05) is 12.1 Å². The molecule has 1 N–H and O–H groups in total. The first-order valence-corrected chi connectivity index (χ1v) is 8.54. The first-order valence-electron chi connectivity index (χ1n) is 6.08. The first-order chi connectivity index (χ1) is 9.44. The average Bonchev–Trinajstić information content (AvgIpc) is 2.77. The number of hydrogen-bond donors (Lipinski definition) is 1. The molecule has 0 spiro atoms. The van der Waals surface area contributed by atoms with E-state index in [-0.39, 0.29) is 11.6 Å². The van der Waals surface area contributed by atoms with Gasteiger partial charge in [0.25, 0.3) is 0 Å². The second-order valence-electron chi connectivity index (χ2n) is 4.39. The van der Waals surface area contributed by atoms with Crippen molar-refractivity contribution in [3.05, 3.63) is 51.7 Å². The number of hydrogen-bond acceptors (Lipinski definition) is 4. The molecule has 108 valence electrons. The van der Waals surface area contributed by atoms with Gasteiger partial charge in [0, 0.05) is 24.0 Å². The summed E-state index contributed by atoms with van der Waals surface area (Å²) in [5, 5.41) is 0.909. The number of aromatic nitrogens is 1. The molecule has 1 aromatic carbocycles. The molecule has 0 unspecified atom stereocenters. The van der Waals surface area contributed by atoms with E-state index >= 15 is 0 Å². The van der Waals surface area contributed by atoms with E-state index < -0.39 is 10.0 Å². The molecule has 7 heteroatoms. The molecule has 0 saturated carbocycles. The molecule has 1 aromatic heterocycles. The molecule has 0 aliphatic carbocycles. The molecule has 0 amide bonds. The standard InChI is InChI=1S/C13H15FN2O2S2/c1-10-8-15-13(19-10)6-7-16-20(17,18)9-11-2-4-12(14)5-3-11/h2-5,8,16H,6-7,9H2,1H3. The van der Waals surface area contributed by atoms with E-state index in [4.69, 9.17) is 0 Å². The summed E-state index contributed by atoms with van der Waals surface area (Å²) in [4.78, 5) is 5.28.